The molecule has 3 aromatic rings. The lowest BCUT2D eigenvalue weighted by molar-refractivity contribution is 0.430. The van der Waals surface area contributed by atoms with E-state index in [2.05, 4.69) is 31.7 Å². The minimum Gasteiger partial charge on any atom is -0.368 e. The van der Waals surface area contributed by atoms with Crippen LogP contribution in [-0.4, -0.2) is 26.9 Å². The highest BCUT2D eigenvalue weighted by atomic mass is 16.5. The minimum atomic E-state index is 0.375. The molecule has 2 aromatic heterocycles. The van der Waals surface area contributed by atoms with Gasteiger partial charge in [0.25, 0.3) is 5.89 Å². The maximum absolute atomic E-state index is 5.37. The van der Waals surface area contributed by atoms with Gasteiger partial charge < -0.3 is 9.84 Å². The molecule has 2 heterocycles. The maximum atomic E-state index is 5.37. The van der Waals surface area contributed by atoms with Crippen LogP contribution in [0, 0.1) is 6.92 Å². The zero-order valence-corrected chi connectivity index (χ0v) is 15.5. The van der Waals surface area contributed by atoms with E-state index in [9.17, 15) is 0 Å². The van der Waals surface area contributed by atoms with E-state index in [1.165, 1.54) is 25.7 Å². The largest absolute Gasteiger partial charge is 0.368 e. The quantitative estimate of drug-likeness (QED) is 0.635. The second-order valence-corrected chi connectivity index (χ2v) is 6.83. The van der Waals surface area contributed by atoms with Gasteiger partial charge in [-0.3, -0.25) is 0 Å². The van der Waals surface area contributed by atoms with Gasteiger partial charge in [0, 0.05) is 12.1 Å². The average molecular weight is 361 g/mol. The fourth-order valence-corrected chi connectivity index (χ4v) is 3.28. The van der Waals surface area contributed by atoms with Gasteiger partial charge in [-0.05, 0) is 56.7 Å². The SMILES string of the molecule is Cc1ccccc1-c1noc(-c2ccc(NCCC3=CCCCC3)nn2)n1. The fourth-order valence-electron chi connectivity index (χ4n) is 3.28. The zero-order valence-electron chi connectivity index (χ0n) is 15.5. The van der Waals surface area contributed by atoms with Crippen LogP contribution in [-0.2, 0) is 0 Å². The van der Waals surface area contributed by atoms with E-state index >= 15 is 0 Å². The van der Waals surface area contributed by atoms with E-state index in [1.807, 2.05) is 43.3 Å². The fraction of sp³-hybridized carbons (Fsp3) is 0.333. The monoisotopic (exact) mass is 361 g/mol. The summed E-state index contributed by atoms with van der Waals surface area (Å²) < 4.78 is 5.37. The van der Waals surface area contributed by atoms with E-state index < -0.39 is 0 Å². The predicted molar refractivity (Wildman–Crippen MR) is 105 cm³/mol. The van der Waals surface area contributed by atoms with Crippen LogP contribution in [0.5, 0.6) is 0 Å². The van der Waals surface area contributed by atoms with Gasteiger partial charge in [0.05, 0.1) is 0 Å². The van der Waals surface area contributed by atoms with Gasteiger partial charge >= 0.3 is 0 Å². The molecule has 1 aliphatic rings. The summed E-state index contributed by atoms with van der Waals surface area (Å²) in [5, 5.41) is 15.8. The van der Waals surface area contributed by atoms with Gasteiger partial charge in [-0.1, -0.05) is 41.1 Å². The molecule has 0 aliphatic heterocycles. The Morgan fingerprint density at radius 2 is 2.00 bits per heavy atom. The van der Waals surface area contributed by atoms with Gasteiger partial charge in [-0.2, -0.15) is 4.98 Å². The van der Waals surface area contributed by atoms with Gasteiger partial charge in [0.15, 0.2) is 5.69 Å². The number of anilines is 1. The van der Waals surface area contributed by atoms with Gasteiger partial charge in [-0.15, -0.1) is 10.2 Å². The molecule has 0 fully saturated rings. The Labute approximate surface area is 158 Å². The van der Waals surface area contributed by atoms with E-state index in [0.29, 0.717) is 17.4 Å². The third kappa shape index (κ3) is 4.22. The van der Waals surface area contributed by atoms with Gasteiger partial charge in [-0.25, -0.2) is 0 Å². The molecule has 1 N–H and O–H groups in total. The Morgan fingerprint density at radius 3 is 2.78 bits per heavy atom. The molecule has 6 nitrogen and oxygen atoms in total. The van der Waals surface area contributed by atoms with E-state index in [-0.39, 0.29) is 0 Å². The van der Waals surface area contributed by atoms with Crippen molar-refractivity contribution in [3.63, 3.8) is 0 Å². The molecule has 1 aromatic carbocycles. The lowest BCUT2D eigenvalue weighted by Gasteiger charge is -2.12. The summed E-state index contributed by atoms with van der Waals surface area (Å²) in [6, 6.07) is 11.7. The van der Waals surface area contributed by atoms with Crippen molar-refractivity contribution in [1.82, 2.24) is 20.3 Å². The lowest BCUT2D eigenvalue weighted by atomic mass is 9.97. The molecule has 0 saturated carbocycles. The number of aryl methyl sites for hydroxylation is 1. The molecule has 0 amide bonds. The molecule has 0 saturated heterocycles. The van der Waals surface area contributed by atoms with Crippen molar-refractivity contribution in [3.05, 3.63) is 53.6 Å². The lowest BCUT2D eigenvalue weighted by Crippen LogP contribution is -2.06. The predicted octanol–water partition coefficient (Wildman–Crippen LogP) is 4.80. The molecule has 0 unspecified atom stereocenters. The van der Waals surface area contributed by atoms with Crippen molar-refractivity contribution in [3.8, 4) is 23.0 Å². The Kier molecular flexibility index (Phi) is 5.23. The number of hydrogen-bond donors (Lipinski definition) is 1. The summed E-state index contributed by atoms with van der Waals surface area (Å²) in [6.45, 7) is 2.90. The number of nitrogens with zero attached hydrogens (tertiary/aromatic N) is 4. The topological polar surface area (TPSA) is 76.7 Å². The van der Waals surface area contributed by atoms with Crippen LogP contribution < -0.4 is 5.32 Å². The second-order valence-electron chi connectivity index (χ2n) is 6.83. The molecular weight excluding hydrogens is 338 g/mol. The van der Waals surface area contributed by atoms with E-state index in [4.69, 9.17) is 4.52 Å². The standard InChI is InChI=1S/C21H23N5O/c1-15-7-5-6-10-17(15)20-23-21(27-26-20)18-11-12-19(25-24-18)22-14-13-16-8-3-2-4-9-16/h5-8,10-12H,2-4,9,13-14H2,1H3,(H,22,25). The molecular formula is C21H23N5O. The summed E-state index contributed by atoms with van der Waals surface area (Å²) in [6.07, 6.45) is 8.53. The van der Waals surface area contributed by atoms with Crippen LogP contribution in [0.15, 0.2) is 52.6 Å². The van der Waals surface area contributed by atoms with Crippen molar-refractivity contribution in [2.24, 2.45) is 0 Å². The second kappa shape index (κ2) is 8.12. The molecule has 0 atom stereocenters. The first-order chi connectivity index (χ1) is 13.3. The highest BCUT2D eigenvalue weighted by molar-refractivity contribution is 5.61. The number of benzene rings is 1. The van der Waals surface area contributed by atoms with Crippen LogP contribution in [0.3, 0.4) is 0 Å². The number of hydrogen-bond acceptors (Lipinski definition) is 6. The third-order valence-electron chi connectivity index (χ3n) is 4.83. The molecule has 138 valence electrons. The summed E-state index contributed by atoms with van der Waals surface area (Å²) >= 11 is 0. The molecule has 4 rings (SSSR count). The summed E-state index contributed by atoms with van der Waals surface area (Å²) in [5.41, 5.74) is 4.18. The highest BCUT2D eigenvalue weighted by Crippen LogP contribution is 2.23. The highest BCUT2D eigenvalue weighted by Gasteiger charge is 2.13. The number of allylic oxidation sites excluding steroid dienone is 1. The Balaban J connectivity index is 1.39. The molecule has 6 heteroatoms. The molecule has 0 radical (unpaired) electrons. The van der Waals surface area contributed by atoms with Crippen LogP contribution in [0.1, 0.15) is 37.7 Å². The van der Waals surface area contributed by atoms with Crippen molar-refractivity contribution in [2.75, 3.05) is 11.9 Å². The van der Waals surface area contributed by atoms with Gasteiger partial charge in [0.2, 0.25) is 5.82 Å². The van der Waals surface area contributed by atoms with Crippen LogP contribution in [0.4, 0.5) is 5.82 Å². The first-order valence-electron chi connectivity index (χ1n) is 9.45. The Hall–Kier alpha value is -3.02. The molecule has 0 spiro atoms. The summed E-state index contributed by atoms with van der Waals surface area (Å²) in [4.78, 5) is 4.46. The maximum Gasteiger partial charge on any atom is 0.278 e. The van der Waals surface area contributed by atoms with Gasteiger partial charge in [0.1, 0.15) is 5.82 Å². The van der Waals surface area contributed by atoms with E-state index in [0.717, 1.165) is 29.9 Å². The normalized spacial score (nSPS) is 14.0. The van der Waals surface area contributed by atoms with Crippen LogP contribution in [0.25, 0.3) is 23.0 Å². The van der Waals surface area contributed by atoms with Crippen LogP contribution >= 0.6 is 0 Å². The zero-order chi connectivity index (χ0) is 18.5. The van der Waals surface area contributed by atoms with Crippen molar-refractivity contribution >= 4 is 5.82 Å². The number of nitrogens with one attached hydrogen (secondary N) is 1. The van der Waals surface area contributed by atoms with Crippen molar-refractivity contribution < 1.29 is 4.52 Å². The van der Waals surface area contributed by atoms with Crippen molar-refractivity contribution in [2.45, 2.75) is 39.0 Å². The first-order valence-corrected chi connectivity index (χ1v) is 9.45. The Bertz CT molecular complexity index is 930. The van der Waals surface area contributed by atoms with Crippen molar-refractivity contribution in [1.29, 1.82) is 0 Å². The van der Waals surface area contributed by atoms with E-state index in [1.54, 1.807) is 5.57 Å². The molecule has 0 bridgehead atoms. The number of aromatic nitrogens is 4. The Morgan fingerprint density at radius 1 is 1.07 bits per heavy atom. The smallest absolute Gasteiger partial charge is 0.278 e. The average Bonchev–Trinajstić information content (AvgIpc) is 3.20. The summed E-state index contributed by atoms with van der Waals surface area (Å²) in [7, 11) is 0. The first kappa shape index (κ1) is 17.4. The molecule has 27 heavy (non-hydrogen) atoms. The molecule has 1 aliphatic carbocycles. The summed E-state index contributed by atoms with van der Waals surface area (Å²) in [5.74, 6) is 1.70. The number of rotatable bonds is 6. The minimum absolute atomic E-state index is 0.375. The van der Waals surface area contributed by atoms with Crippen LogP contribution in [0.2, 0.25) is 0 Å². The third-order valence-corrected chi connectivity index (χ3v) is 4.83.